The Morgan fingerprint density at radius 1 is 1.03 bits per heavy atom. The van der Waals surface area contributed by atoms with E-state index in [-0.39, 0.29) is 22.3 Å². The molecular weight excluding hydrogens is 498 g/mol. The van der Waals surface area contributed by atoms with Crippen molar-refractivity contribution in [2.75, 3.05) is 17.9 Å². The molecule has 3 N–H and O–H groups in total. The summed E-state index contributed by atoms with van der Waals surface area (Å²) in [5.74, 6) is -0.225. The van der Waals surface area contributed by atoms with Gasteiger partial charge in [0, 0.05) is 35.3 Å². The number of carbonyl (C=O) groups excluding carboxylic acids is 1. The van der Waals surface area contributed by atoms with Crippen LogP contribution >= 0.6 is 0 Å². The number of sulfonamides is 1. The van der Waals surface area contributed by atoms with Crippen LogP contribution in [-0.2, 0) is 20.2 Å². The molecular formula is C30H33N3O4S. The first-order valence-corrected chi connectivity index (χ1v) is 14.3. The number of carbonyl (C=O) groups is 1. The number of aromatic nitrogens is 1. The van der Waals surface area contributed by atoms with E-state index in [1.807, 2.05) is 42.5 Å². The second-order valence-electron chi connectivity index (χ2n) is 10.7. The molecule has 8 heteroatoms. The van der Waals surface area contributed by atoms with Crippen LogP contribution in [0, 0.1) is 0 Å². The molecule has 1 fully saturated rings. The molecule has 2 heterocycles. The highest BCUT2D eigenvalue weighted by Gasteiger charge is 2.23. The van der Waals surface area contributed by atoms with E-state index in [9.17, 15) is 13.2 Å². The molecule has 3 aromatic carbocycles. The number of rotatable bonds is 7. The van der Waals surface area contributed by atoms with Gasteiger partial charge in [0.05, 0.1) is 11.0 Å². The minimum Gasteiger partial charge on any atom is -0.376 e. The third-order valence-electron chi connectivity index (χ3n) is 6.89. The van der Waals surface area contributed by atoms with E-state index in [0.29, 0.717) is 17.9 Å². The number of H-pyrrole nitrogens is 1. The second-order valence-corrected chi connectivity index (χ2v) is 12.4. The Morgan fingerprint density at radius 2 is 1.76 bits per heavy atom. The molecule has 1 aliphatic heterocycles. The lowest BCUT2D eigenvalue weighted by molar-refractivity contribution is 0.0855. The van der Waals surface area contributed by atoms with Gasteiger partial charge in [-0.25, -0.2) is 8.42 Å². The molecule has 1 amide bonds. The largest absolute Gasteiger partial charge is 0.376 e. The molecule has 0 spiro atoms. The number of ether oxygens (including phenoxy) is 1. The number of nitrogens with one attached hydrogen (secondary N) is 3. The first-order chi connectivity index (χ1) is 18.1. The predicted molar refractivity (Wildman–Crippen MR) is 151 cm³/mol. The topological polar surface area (TPSA) is 100 Å². The zero-order chi connectivity index (χ0) is 26.9. The lowest BCUT2D eigenvalue weighted by Crippen LogP contribution is -2.32. The molecule has 1 atom stereocenters. The Morgan fingerprint density at radius 3 is 2.42 bits per heavy atom. The van der Waals surface area contributed by atoms with Crippen LogP contribution in [0.2, 0.25) is 0 Å². The highest BCUT2D eigenvalue weighted by Crippen LogP contribution is 2.35. The van der Waals surface area contributed by atoms with Gasteiger partial charge in [-0.3, -0.25) is 9.52 Å². The summed E-state index contributed by atoms with van der Waals surface area (Å²) in [6, 6.07) is 21.8. The van der Waals surface area contributed by atoms with Gasteiger partial charge >= 0.3 is 0 Å². The van der Waals surface area contributed by atoms with Crippen molar-refractivity contribution in [3.8, 4) is 11.1 Å². The number of amides is 1. The van der Waals surface area contributed by atoms with Crippen LogP contribution in [0.1, 0.15) is 49.7 Å². The zero-order valence-electron chi connectivity index (χ0n) is 21.9. The smallest absolute Gasteiger partial charge is 0.268 e. The fourth-order valence-electron chi connectivity index (χ4n) is 4.78. The number of fused-ring (bicyclic) bond motifs is 1. The minimum atomic E-state index is -3.80. The van der Waals surface area contributed by atoms with E-state index in [0.717, 1.165) is 47.0 Å². The molecule has 5 rings (SSSR count). The van der Waals surface area contributed by atoms with E-state index < -0.39 is 10.0 Å². The van der Waals surface area contributed by atoms with Crippen LogP contribution in [0.5, 0.6) is 0 Å². The lowest BCUT2D eigenvalue weighted by Gasteiger charge is -2.19. The summed E-state index contributed by atoms with van der Waals surface area (Å²) in [4.78, 5) is 16.7. The molecule has 1 aromatic heterocycles. The maximum Gasteiger partial charge on any atom is 0.268 e. The molecule has 38 heavy (non-hydrogen) atoms. The normalized spacial score (nSPS) is 16.0. The Labute approximate surface area is 223 Å². The van der Waals surface area contributed by atoms with Crippen molar-refractivity contribution >= 4 is 32.5 Å². The fraction of sp³-hybridized carbons (Fsp3) is 0.300. The quantitative estimate of drug-likeness (QED) is 0.279. The third-order valence-corrected chi connectivity index (χ3v) is 8.28. The lowest BCUT2D eigenvalue weighted by atomic mass is 9.87. The van der Waals surface area contributed by atoms with E-state index in [4.69, 9.17) is 4.74 Å². The van der Waals surface area contributed by atoms with Crippen LogP contribution in [0.3, 0.4) is 0 Å². The summed E-state index contributed by atoms with van der Waals surface area (Å²) < 4.78 is 34.7. The summed E-state index contributed by atoms with van der Waals surface area (Å²) >= 11 is 0. The average molecular weight is 532 g/mol. The van der Waals surface area contributed by atoms with Gasteiger partial charge in [0.25, 0.3) is 15.9 Å². The van der Waals surface area contributed by atoms with Crippen LogP contribution in [0.25, 0.3) is 22.0 Å². The van der Waals surface area contributed by atoms with Gasteiger partial charge in [-0.05, 0) is 59.7 Å². The van der Waals surface area contributed by atoms with Crippen molar-refractivity contribution in [2.45, 2.75) is 50.0 Å². The number of hydrogen-bond donors (Lipinski definition) is 3. The van der Waals surface area contributed by atoms with Crippen LogP contribution < -0.4 is 10.0 Å². The first kappa shape index (κ1) is 26.0. The van der Waals surface area contributed by atoms with E-state index in [1.165, 1.54) is 0 Å². The van der Waals surface area contributed by atoms with Crippen molar-refractivity contribution < 1.29 is 17.9 Å². The predicted octanol–water partition coefficient (Wildman–Crippen LogP) is 5.84. The van der Waals surface area contributed by atoms with Crippen molar-refractivity contribution in [2.24, 2.45) is 0 Å². The molecule has 1 aliphatic rings. The van der Waals surface area contributed by atoms with Gasteiger partial charge in [0.2, 0.25) is 0 Å². The number of hydrogen-bond acceptors (Lipinski definition) is 4. The molecule has 7 nitrogen and oxygen atoms in total. The monoisotopic (exact) mass is 531 g/mol. The Hall–Kier alpha value is -3.62. The first-order valence-electron chi connectivity index (χ1n) is 12.9. The van der Waals surface area contributed by atoms with Crippen LogP contribution in [0.15, 0.2) is 77.7 Å². The van der Waals surface area contributed by atoms with E-state index in [1.54, 1.807) is 30.3 Å². The summed E-state index contributed by atoms with van der Waals surface area (Å²) in [7, 11) is -3.80. The Kier molecular flexibility index (Phi) is 7.03. The second kappa shape index (κ2) is 10.3. The summed E-state index contributed by atoms with van der Waals surface area (Å²) in [6.07, 6.45) is 1.96. The summed E-state index contributed by atoms with van der Waals surface area (Å²) in [5, 5.41) is 3.75. The van der Waals surface area contributed by atoms with Crippen LogP contribution in [-0.4, -0.2) is 38.6 Å². The third kappa shape index (κ3) is 5.47. The molecule has 0 aliphatic carbocycles. The number of anilines is 1. The molecule has 1 saturated heterocycles. The molecule has 1 unspecified atom stereocenters. The van der Waals surface area contributed by atoms with Crippen molar-refractivity contribution in [3.05, 3.63) is 84.1 Å². The molecule has 198 valence electrons. The molecule has 0 saturated carbocycles. The van der Waals surface area contributed by atoms with Gasteiger partial charge in [0.1, 0.15) is 5.69 Å². The van der Waals surface area contributed by atoms with Crippen molar-refractivity contribution in [1.29, 1.82) is 0 Å². The molecule has 0 bridgehead atoms. The molecule has 4 aromatic rings. The van der Waals surface area contributed by atoms with E-state index in [2.05, 4.69) is 35.8 Å². The Bertz CT molecular complexity index is 1550. The average Bonchev–Trinajstić information content (AvgIpc) is 3.55. The highest BCUT2D eigenvalue weighted by atomic mass is 32.2. The van der Waals surface area contributed by atoms with Gasteiger partial charge in [-0.1, -0.05) is 63.2 Å². The Balaban J connectivity index is 1.48. The standard InChI is InChI=1S/C30H33N3O4S/c1-30(2,3)21-11-14-24(15-12-21)38(35,36)33-22-13-16-26-25(18-22)27(20-8-5-4-6-9-20)28(32-26)29(34)31-19-23-10-7-17-37-23/h4-6,8-9,11-16,18,23,32-33H,7,10,17,19H2,1-3H3,(H,31,34). The van der Waals surface area contributed by atoms with Gasteiger partial charge in [-0.2, -0.15) is 0 Å². The maximum absolute atomic E-state index is 13.3. The summed E-state index contributed by atoms with van der Waals surface area (Å²) in [5.41, 5.74) is 4.16. The maximum atomic E-state index is 13.3. The van der Waals surface area contributed by atoms with Gasteiger partial charge < -0.3 is 15.0 Å². The van der Waals surface area contributed by atoms with Gasteiger partial charge in [-0.15, -0.1) is 0 Å². The number of aromatic amines is 1. The van der Waals surface area contributed by atoms with Crippen molar-refractivity contribution in [1.82, 2.24) is 10.3 Å². The number of benzene rings is 3. The SMILES string of the molecule is CC(C)(C)c1ccc(S(=O)(=O)Nc2ccc3[nH]c(C(=O)NCC4CCCO4)c(-c4ccccc4)c3c2)cc1. The van der Waals surface area contributed by atoms with E-state index >= 15 is 0 Å². The van der Waals surface area contributed by atoms with Crippen molar-refractivity contribution in [3.63, 3.8) is 0 Å². The molecule has 0 radical (unpaired) electrons. The fourth-order valence-corrected chi connectivity index (χ4v) is 5.83. The summed E-state index contributed by atoms with van der Waals surface area (Å²) in [6.45, 7) is 7.43. The zero-order valence-corrected chi connectivity index (χ0v) is 22.7. The minimum absolute atomic E-state index is 0.0296. The van der Waals surface area contributed by atoms with Crippen LogP contribution in [0.4, 0.5) is 5.69 Å². The highest BCUT2D eigenvalue weighted by molar-refractivity contribution is 7.92. The van der Waals surface area contributed by atoms with Gasteiger partial charge in [0.15, 0.2) is 0 Å².